The monoisotopic (exact) mass is 369 g/mol. The van der Waals surface area contributed by atoms with E-state index in [2.05, 4.69) is 4.98 Å². The van der Waals surface area contributed by atoms with Crippen LogP contribution in [0.15, 0.2) is 22.6 Å². The van der Waals surface area contributed by atoms with E-state index < -0.39 is 0 Å². The van der Waals surface area contributed by atoms with Crippen molar-refractivity contribution in [1.82, 2.24) is 9.88 Å². The van der Waals surface area contributed by atoms with Gasteiger partial charge in [-0.15, -0.1) is 0 Å². The molecule has 7 heteroatoms. The summed E-state index contributed by atoms with van der Waals surface area (Å²) < 4.78 is 11.3. The molecule has 142 valence electrons. The molecule has 0 unspecified atom stereocenters. The first-order valence-electron chi connectivity index (χ1n) is 9.22. The van der Waals surface area contributed by atoms with Gasteiger partial charge in [-0.1, -0.05) is 19.9 Å². The summed E-state index contributed by atoms with van der Waals surface area (Å²) in [6.07, 6.45) is 0.646. The van der Waals surface area contributed by atoms with E-state index in [1.807, 2.05) is 39.0 Å². The molecule has 0 atom stereocenters. The summed E-state index contributed by atoms with van der Waals surface area (Å²) in [5, 5.41) is 0. The Hall–Kier alpha value is -2.83. The van der Waals surface area contributed by atoms with Gasteiger partial charge in [-0.2, -0.15) is 0 Å². The number of nitrogens with zero attached hydrogens (tertiary/aromatic N) is 3. The van der Waals surface area contributed by atoms with Crippen molar-refractivity contribution in [3.05, 3.63) is 41.1 Å². The van der Waals surface area contributed by atoms with Crippen molar-refractivity contribution >= 4 is 17.5 Å². The first-order chi connectivity index (χ1) is 12.9. The Balaban J connectivity index is 1.51. The van der Waals surface area contributed by atoms with E-state index in [4.69, 9.17) is 9.15 Å². The minimum Gasteiger partial charge on any atom is -0.482 e. The summed E-state index contributed by atoms with van der Waals surface area (Å²) in [7, 11) is 0. The van der Waals surface area contributed by atoms with Crippen LogP contribution < -0.4 is 9.64 Å². The summed E-state index contributed by atoms with van der Waals surface area (Å²) >= 11 is 0. The lowest BCUT2D eigenvalue weighted by molar-refractivity contribution is -0.132. The molecule has 2 aliphatic heterocycles. The number of benzene rings is 1. The minimum absolute atomic E-state index is 0.00285. The van der Waals surface area contributed by atoms with E-state index in [0.717, 1.165) is 17.0 Å². The van der Waals surface area contributed by atoms with Crippen molar-refractivity contribution in [2.24, 2.45) is 0 Å². The average molecular weight is 369 g/mol. The molecule has 0 fully saturated rings. The molecule has 0 N–H and O–H groups in total. The molecule has 0 aliphatic carbocycles. The smallest absolute Gasteiger partial charge is 0.265 e. The minimum atomic E-state index is -0.206. The van der Waals surface area contributed by atoms with Crippen LogP contribution in [0.5, 0.6) is 5.75 Å². The molecule has 2 aromatic rings. The topological polar surface area (TPSA) is 75.9 Å². The third kappa shape index (κ3) is 3.29. The van der Waals surface area contributed by atoms with Crippen LogP contribution in [0, 0.1) is 6.92 Å². The van der Waals surface area contributed by atoms with Crippen LogP contribution in [0.4, 0.5) is 5.69 Å². The van der Waals surface area contributed by atoms with Gasteiger partial charge in [-0.3, -0.25) is 14.5 Å². The fourth-order valence-corrected chi connectivity index (χ4v) is 3.40. The molecule has 2 amide bonds. The molecule has 0 saturated carbocycles. The van der Waals surface area contributed by atoms with Crippen LogP contribution in [0.2, 0.25) is 0 Å². The summed E-state index contributed by atoms with van der Waals surface area (Å²) in [5.74, 6) is 2.12. The van der Waals surface area contributed by atoms with Gasteiger partial charge in [0.1, 0.15) is 23.7 Å². The highest BCUT2D eigenvalue weighted by Crippen LogP contribution is 2.33. The van der Waals surface area contributed by atoms with Gasteiger partial charge in [0.05, 0.1) is 12.2 Å². The van der Waals surface area contributed by atoms with Crippen molar-refractivity contribution in [3.8, 4) is 5.75 Å². The van der Waals surface area contributed by atoms with Crippen molar-refractivity contribution in [1.29, 1.82) is 0 Å². The van der Waals surface area contributed by atoms with Gasteiger partial charge in [0.15, 0.2) is 12.5 Å². The molecule has 2 aliphatic rings. The third-order valence-electron chi connectivity index (χ3n) is 4.94. The number of rotatable bonds is 3. The Morgan fingerprint density at radius 3 is 2.93 bits per heavy atom. The molecule has 0 spiro atoms. The largest absolute Gasteiger partial charge is 0.482 e. The summed E-state index contributed by atoms with van der Waals surface area (Å²) in [5.41, 5.74) is 2.49. The normalized spacial score (nSPS) is 16.2. The Labute approximate surface area is 157 Å². The molecule has 0 radical (unpaired) electrons. The number of ether oxygens (including phenoxy) is 1. The third-order valence-corrected chi connectivity index (χ3v) is 4.94. The number of aromatic nitrogens is 1. The van der Waals surface area contributed by atoms with Crippen LogP contribution in [-0.4, -0.2) is 41.4 Å². The molecule has 0 bridgehead atoms. The predicted molar refractivity (Wildman–Crippen MR) is 98.7 cm³/mol. The number of amides is 2. The second-order valence-electron chi connectivity index (χ2n) is 7.38. The van der Waals surface area contributed by atoms with Crippen molar-refractivity contribution in [3.63, 3.8) is 0 Å². The fraction of sp³-hybridized carbons (Fsp3) is 0.450. The highest BCUT2D eigenvalue weighted by molar-refractivity contribution is 6.02. The average Bonchev–Trinajstić information content (AvgIpc) is 3.07. The highest BCUT2D eigenvalue weighted by Gasteiger charge is 2.31. The SMILES string of the molecule is Cc1ccc2c(c1)N(CC(=O)N1CCc3oc(C(C)C)nc3C1)C(=O)CO2. The molecular formula is C20H23N3O4. The lowest BCUT2D eigenvalue weighted by atomic mass is 10.1. The molecule has 7 nitrogen and oxygen atoms in total. The van der Waals surface area contributed by atoms with Gasteiger partial charge in [0.25, 0.3) is 5.91 Å². The van der Waals surface area contributed by atoms with Gasteiger partial charge < -0.3 is 14.1 Å². The number of hydrogen-bond donors (Lipinski definition) is 0. The van der Waals surface area contributed by atoms with Crippen molar-refractivity contribution < 1.29 is 18.7 Å². The van der Waals surface area contributed by atoms with Gasteiger partial charge in [0, 0.05) is 18.9 Å². The highest BCUT2D eigenvalue weighted by atomic mass is 16.5. The number of fused-ring (bicyclic) bond motifs is 2. The number of hydrogen-bond acceptors (Lipinski definition) is 5. The maximum absolute atomic E-state index is 12.9. The molecule has 27 heavy (non-hydrogen) atoms. The molecule has 1 aromatic carbocycles. The quantitative estimate of drug-likeness (QED) is 0.830. The molecule has 4 rings (SSSR count). The number of oxazole rings is 1. The Morgan fingerprint density at radius 1 is 1.33 bits per heavy atom. The summed E-state index contributed by atoms with van der Waals surface area (Å²) in [4.78, 5) is 33.1. The van der Waals surface area contributed by atoms with Gasteiger partial charge in [-0.25, -0.2) is 4.98 Å². The molecule has 3 heterocycles. The predicted octanol–water partition coefficient (Wildman–Crippen LogP) is 2.42. The molecular weight excluding hydrogens is 346 g/mol. The van der Waals surface area contributed by atoms with Gasteiger partial charge in [-0.05, 0) is 24.6 Å². The van der Waals surface area contributed by atoms with E-state index in [1.165, 1.54) is 4.90 Å². The first-order valence-corrected chi connectivity index (χ1v) is 9.22. The number of carbonyl (C=O) groups excluding carboxylic acids is 2. The standard InChI is InChI=1S/C20H23N3O4/c1-12(2)20-21-14-9-22(7-6-16(14)27-20)18(24)10-23-15-8-13(3)4-5-17(15)26-11-19(23)25/h4-5,8,12H,6-7,9-11H2,1-3H3. The second-order valence-corrected chi connectivity index (χ2v) is 7.38. The van der Waals surface area contributed by atoms with Gasteiger partial charge >= 0.3 is 0 Å². The van der Waals surface area contributed by atoms with Crippen LogP contribution >= 0.6 is 0 Å². The number of carbonyl (C=O) groups is 2. The van der Waals surface area contributed by atoms with Crippen LogP contribution in [0.3, 0.4) is 0 Å². The number of aryl methyl sites for hydroxylation is 1. The fourth-order valence-electron chi connectivity index (χ4n) is 3.40. The first kappa shape index (κ1) is 17.6. The maximum Gasteiger partial charge on any atom is 0.265 e. The lowest BCUT2D eigenvalue weighted by Crippen LogP contribution is -2.47. The molecule has 0 saturated heterocycles. The van der Waals surface area contributed by atoms with Crippen LogP contribution in [-0.2, 0) is 22.6 Å². The van der Waals surface area contributed by atoms with E-state index in [1.54, 1.807) is 4.90 Å². The van der Waals surface area contributed by atoms with Crippen LogP contribution in [0.25, 0.3) is 0 Å². The van der Waals surface area contributed by atoms with E-state index in [9.17, 15) is 9.59 Å². The molecule has 1 aromatic heterocycles. The van der Waals surface area contributed by atoms with Crippen molar-refractivity contribution in [2.45, 2.75) is 39.7 Å². The summed E-state index contributed by atoms with van der Waals surface area (Å²) in [6, 6.07) is 5.64. The Morgan fingerprint density at radius 2 is 2.15 bits per heavy atom. The zero-order chi connectivity index (χ0) is 19.1. The van der Waals surface area contributed by atoms with Gasteiger partial charge in [0.2, 0.25) is 5.91 Å². The van der Waals surface area contributed by atoms with E-state index in [-0.39, 0.29) is 30.9 Å². The summed E-state index contributed by atoms with van der Waals surface area (Å²) in [6.45, 7) is 6.95. The van der Waals surface area contributed by atoms with E-state index in [0.29, 0.717) is 36.8 Å². The maximum atomic E-state index is 12.9. The van der Waals surface area contributed by atoms with E-state index >= 15 is 0 Å². The second kappa shape index (κ2) is 6.72. The van der Waals surface area contributed by atoms with Crippen molar-refractivity contribution in [2.75, 3.05) is 24.6 Å². The van der Waals surface area contributed by atoms with Crippen LogP contribution in [0.1, 0.15) is 42.7 Å². The zero-order valence-electron chi connectivity index (χ0n) is 15.8. The Kier molecular flexibility index (Phi) is 4.37. The Bertz CT molecular complexity index is 903. The number of anilines is 1. The lowest BCUT2D eigenvalue weighted by Gasteiger charge is -2.32. The zero-order valence-corrected chi connectivity index (χ0v) is 15.8.